The highest BCUT2D eigenvalue weighted by molar-refractivity contribution is 4.69. The van der Waals surface area contributed by atoms with Gasteiger partial charge in [0.2, 0.25) is 0 Å². The van der Waals surface area contributed by atoms with Gasteiger partial charge in [0.15, 0.2) is 0 Å². The first-order valence-electron chi connectivity index (χ1n) is 10.9. The molecule has 0 aromatic heterocycles. The molecule has 0 rings (SSSR count). The van der Waals surface area contributed by atoms with Gasteiger partial charge in [-0.3, -0.25) is 0 Å². The van der Waals surface area contributed by atoms with E-state index in [0.717, 1.165) is 38.1 Å². The van der Waals surface area contributed by atoms with Crippen LogP contribution >= 0.6 is 0 Å². The minimum absolute atomic E-state index is 0.251. The van der Waals surface area contributed by atoms with Crippen molar-refractivity contribution in [1.29, 1.82) is 0 Å². The number of rotatable bonds is 16. The molecule has 0 amide bonds. The van der Waals surface area contributed by atoms with Crippen molar-refractivity contribution < 1.29 is 9.47 Å². The molecule has 0 fully saturated rings. The maximum Gasteiger partial charge on any atom is 0.0813 e. The Labute approximate surface area is 159 Å². The summed E-state index contributed by atoms with van der Waals surface area (Å²) in [6, 6.07) is 0. The lowest BCUT2D eigenvalue weighted by Gasteiger charge is -2.26. The summed E-state index contributed by atoms with van der Waals surface area (Å²) in [5.41, 5.74) is 0.295. The topological polar surface area (TPSA) is 18.5 Å². The third-order valence-corrected chi connectivity index (χ3v) is 4.49. The molecule has 0 aromatic carbocycles. The SMILES string of the molecule is CC(C)CCCCCOCC(CC(C)(C)C)OCCCCCC(C)C. The Hall–Kier alpha value is -0.0800. The van der Waals surface area contributed by atoms with Crippen LogP contribution in [0, 0.1) is 17.3 Å². The van der Waals surface area contributed by atoms with E-state index in [2.05, 4.69) is 48.5 Å². The molecule has 0 saturated heterocycles. The van der Waals surface area contributed by atoms with Gasteiger partial charge in [0.25, 0.3) is 0 Å². The van der Waals surface area contributed by atoms with Gasteiger partial charge in [-0.05, 0) is 36.5 Å². The van der Waals surface area contributed by atoms with E-state index in [4.69, 9.17) is 9.47 Å². The predicted octanol–water partition coefficient (Wildman–Crippen LogP) is 7.26. The van der Waals surface area contributed by atoms with E-state index in [0.29, 0.717) is 5.41 Å². The fourth-order valence-electron chi connectivity index (χ4n) is 3.08. The maximum atomic E-state index is 6.16. The number of hydrogen-bond donors (Lipinski definition) is 0. The number of ether oxygens (including phenoxy) is 2. The lowest BCUT2D eigenvalue weighted by molar-refractivity contribution is -0.0363. The van der Waals surface area contributed by atoms with Crippen molar-refractivity contribution in [1.82, 2.24) is 0 Å². The van der Waals surface area contributed by atoms with Gasteiger partial charge in [-0.25, -0.2) is 0 Å². The van der Waals surface area contributed by atoms with Gasteiger partial charge in [0.05, 0.1) is 12.7 Å². The van der Waals surface area contributed by atoms with Crippen LogP contribution in [0.3, 0.4) is 0 Å². The molecular formula is C23H48O2. The standard InChI is InChI=1S/C23H48O2/c1-20(2)14-10-8-12-16-24-19-22(18-23(5,6)7)25-17-13-9-11-15-21(3)4/h20-22H,8-19H2,1-7H3. The van der Waals surface area contributed by atoms with Gasteiger partial charge < -0.3 is 9.47 Å². The van der Waals surface area contributed by atoms with Crippen molar-refractivity contribution in [2.75, 3.05) is 19.8 Å². The van der Waals surface area contributed by atoms with Crippen LogP contribution in [-0.2, 0) is 9.47 Å². The Morgan fingerprint density at radius 1 is 0.680 bits per heavy atom. The molecule has 25 heavy (non-hydrogen) atoms. The lowest BCUT2D eigenvalue weighted by atomic mass is 9.89. The van der Waals surface area contributed by atoms with Crippen molar-refractivity contribution in [3.63, 3.8) is 0 Å². The Morgan fingerprint density at radius 3 is 1.68 bits per heavy atom. The van der Waals surface area contributed by atoms with Gasteiger partial charge in [0, 0.05) is 13.2 Å². The molecule has 0 radical (unpaired) electrons. The Kier molecular flexibility index (Phi) is 15.0. The van der Waals surface area contributed by atoms with Gasteiger partial charge >= 0.3 is 0 Å². The molecule has 0 aliphatic carbocycles. The lowest BCUT2D eigenvalue weighted by Crippen LogP contribution is -2.26. The first-order valence-corrected chi connectivity index (χ1v) is 10.9. The molecule has 1 unspecified atom stereocenters. The molecule has 0 saturated carbocycles. The van der Waals surface area contributed by atoms with Crippen molar-refractivity contribution in [3.05, 3.63) is 0 Å². The fraction of sp³-hybridized carbons (Fsp3) is 1.00. The second-order valence-corrected chi connectivity index (χ2v) is 9.82. The smallest absolute Gasteiger partial charge is 0.0813 e. The molecule has 2 heteroatoms. The van der Waals surface area contributed by atoms with Crippen LogP contribution in [0.5, 0.6) is 0 Å². The summed E-state index contributed by atoms with van der Waals surface area (Å²) in [5.74, 6) is 1.65. The molecule has 2 nitrogen and oxygen atoms in total. The first kappa shape index (κ1) is 24.9. The predicted molar refractivity (Wildman–Crippen MR) is 111 cm³/mol. The van der Waals surface area contributed by atoms with E-state index in [1.165, 1.54) is 51.4 Å². The zero-order valence-corrected chi connectivity index (χ0v) is 18.5. The van der Waals surface area contributed by atoms with Crippen LogP contribution in [-0.4, -0.2) is 25.9 Å². The monoisotopic (exact) mass is 356 g/mol. The van der Waals surface area contributed by atoms with Crippen LogP contribution in [0.15, 0.2) is 0 Å². The van der Waals surface area contributed by atoms with E-state index in [-0.39, 0.29) is 6.10 Å². The summed E-state index contributed by atoms with van der Waals surface area (Å²) in [4.78, 5) is 0. The maximum absolute atomic E-state index is 6.16. The van der Waals surface area contributed by atoms with E-state index >= 15 is 0 Å². The highest BCUT2D eigenvalue weighted by Gasteiger charge is 2.19. The van der Waals surface area contributed by atoms with Gasteiger partial charge in [-0.2, -0.15) is 0 Å². The van der Waals surface area contributed by atoms with Crippen molar-refractivity contribution in [2.24, 2.45) is 17.3 Å². The third-order valence-electron chi connectivity index (χ3n) is 4.49. The van der Waals surface area contributed by atoms with E-state index in [1.807, 2.05) is 0 Å². The molecule has 0 N–H and O–H groups in total. The van der Waals surface area contributed by atoms with E-state index < -0.39 is 0 Å². The van der Waals surface area contributed by atoms with Crippen molar-refractivity contribution in [2.45, 2.75) is 112 Å². The van der Waals surface area contributed by atoms with Crippen molar-refractivity contribution in [3.8, 4) is 0 Å². The van der Waals surface area contributed by atoms with Gasteiger partial charge in [-0.15, -0.1) is 0 Å². The molecule has 0 aliphatic heterocycles. The average molecular weight is 357 g/mol. The van der Waals surface area contributed by atoms with Gasteiger partial charge in [0.1, 0.15) is 0 Å². The molecule has 0 heterocycles. The van der Waals surface area contributed by atoms with Gasteiger partial charge in [-0.1, -0.05) is 87.0 Å². The molecular weight excluding hydrogens is 308 g/mol. The van der Waals surface area contributed by atoms with E-state index in [1.54, 1.807) is 0 Å². The van der Waals surface area contributed by atoms with Crippen LogP contribution in [0.4, 0.5) is 0 Å². The highest BCUT2D eigenvalue weighted by atomic mass is 16.5. The van der Waals surface area contributed by atoms with Crippen molar-refractivity contribution >= 4 is 0 Å². The fourth-order valence-corrected chi connectivity index (χ4v) is 3.08. The van der Waals surface area contributed by atoms with Crippen LogP contribution in [0.1, 0.15) is 106 Å². The normalized spacial score (nSPS) is 13.8. The van der Waals surface area contributed by atoms with Crippen LogP contribution in [0.2, 0.25) is 0 Å². The quantitative estimate of drug-likeness (QED) is 0.271. The highest BCUT2D eigenvalue weighted by Crippen LogP contribution is 2.23. The molecule has 0 aromatic rings. The minimum Gasteiger partial charge on any atom is -0.379 e. The third kappa shape index (κ3) is 20.1. The summed E-state index contributed by atoms with van der Waals surface area (Å²) in [5, 5.41) is 0. The Balaban J connectivity index is 3.83. The molecule has 0 spiro atoms. The van der Waals surface area contributed by atoms with Crippen LogP contribution in [0.25, 0.3) is 0 Å². The Morgan fingerprint density at radius 2 is 1.20 bits per heavy atom. The summed E-state index contributed by atoms with van der Waals surface area (Å²) >= 11 is 0. The molecule has 152 valence electrons. The zero-order chi connectivity index (χ0) is 19.1. The summed E-state index contributed by atoms with van der Waals surface area (Å²) < 4.78 is 12.1. The summed E-state index contributed by atoms with van der Waals surface area (Å²) in [6.45, 7) is 18.6. The minimum atomic E-state index is 0.251. The Bertz CT molecular complexity index is 278. The summed E-state index contributed by atoms with van der Waals surface area (Å²) in [7, 11) is 0. The molecule has 1 atom stereocenters. The number of hydrogen-bond acceptors (Lipinski definition) is 2. The summed E-state index contributed by atoms with van der Waals surface area (Å²) in [6.07, 6.45) is 11.6. The molecule has 0 aliphatic rings. The second kappa shape index (κ2) is 15.0. The number of unbranched alkanes of at least 4 members (excludes halogenated alkanes) is 4. The van der Waals surface area contributed by atoms with Crippen LogP contribution < -0.4 is 0 Å². The largest absolute Gasteiger partial charge is 0.379 e. The average Bonchev–Trinajstić information content (AvgIpc) is 2.47. The van der Waals surface area contributed by atoms with E-state index in [9.17, 15) is 0 Å². The zero-order valence-electron chi connectivity index (χ0n) is 18.5. The molecule has 0 bridgehead atoms. The first-order chi connectivity index (χ1) is 11.7. The second-order valence-electron chi connectivity index (χ2n) is 9.82.